The van der Waals surface area contributed by atoms with E-state index in [4.69, 9.17) is 5.73 Å². The second kappa shape index (κ2) is 5.93. The van der Waals surface area contributed by atoms with Crippen molar-refractivity contribution < 1.29 is 4.39 Å². The van der Waals surface area contributed by atoms with Crippen molar-refractivity contribution in [3.63, 3.8) is 0 Å². The van der Waals surface area contributed by atoms with Gasteiger partial charge in [-0.1, -0.05) is 23.9 Å². The summed E-state index contributed by atoms with van der Waals surface area (Å²) in [6.45, 7) is 2.26. The zero-order chi connectivity index (χ0) is 13.0. The minimum atomic E-state index is -0.224. The molecule has 0 saturated carbocycles. The van der Waals surface area contributed by atoms with E-state index in [9.17, 15) is 4.39 Å². The SMILES string of the molecule is Cc1ccnc(SCc2ccc(CN)cc2F)n1. The van der Waals surface area contributed by atoms with Crippen LogP contribution in [0.25, 0.3) is 0 Å². The summed E-state index contributed by atoms with van der Waals surface area (Å²) in [5.41, 5.74) is 7.81. The molecule has 2 N–H and O–H groups in total. The van der Waals surface area contributed by atoms with Gasteiger partial charge in [0.15, 0.2) is 5.16 Å². The first-order valence-electron chi connectivity index (χ1n) is 5.59. The summed E-state index contributed by atoms with van der Waals surface area (Å²) in [4.78, 5) is 8.39. The van der Waals surface area contributed by atoms with Gasteiger partial charge in [0.1, 0.15) is 5.82 Å². The van der Waals surface area contributed by atoms with Gasteiger partial charge >= 0.3 is 0 Å². The van der Waals surface area contributed by atoms with E-state index in [0.29, 0.717) is 23.0 Å². The van der Waals surface area contributed by atoms with Crippen LogP contribution in [0.1, 0.15) is 16.8 Å². The van der Waals surface area contributed by atoms with Crippen LogP contribution in [0, 0.1) is 12.7 Å². The summed E-state index contributed by atoms with van der Waals surface area (Å²) < 4.78 is 13.7. The Balaban J connectivity index is 2.06. The number of halogens is 1. The lowest BCUT2D eigenvalue weighted by molar-refractivity contribution is 0.615. The van der Waals surface area contributed by atoms with Gasteiger partial charge in [0, 0.05) is 24.2 Å². The van der Waals surface area contributed by atoms with Crippen molar-refractivity contribution in [3.8, 4) is 0 Å². The van der Waals surface area contributed by atoms with Crippen LogP contribution in [-0.4, -0.2) is 9.97 Å². The predicted molar refractivity (Wildman–Crippen MR) is 70.6 cm³/mol. The maximum atomic E-state index is 13.7. The maximum absolute atomic E-state index is 13.7. The molecule has 0 radical (unpaired) electrons. The molecule has 0 aliphatic rings. The lowest BCUT2D eigenvalue weighted by atomic mass is 10.1. The van der Waals surface area contributed by atoms with Crippen LogP contribution in [0.5, 0.6) is 0 Å². The van der Waals surface area contributed by atoms with Crippen molar-refractivity contribution in [1.29, 1.82) is 0 Å². The van der Waals surface area contributed by atoms with Crippen LogP contribution in [-0.2, 0) is 12.3 Å². The van der Waals surface area contributed by atoms with Crippen LogP contribution in [0.15, 0.2) is 35.6 Å². The second-order valence-corrected chi connectivity index (χ2v) is 4.84. The number of nitrogens with two attached hydrogens (primary N) is 1. The van der Waals surface area contributed by atoms with Crippen molar-refractivity contribution in [2.45, 2.75) is 24.4 Å². The molecule has 0 spiro atoms. The topological polar surface area (TPSA) is 51.8 Å². The molecule has 1 aromatic heterocycles. The molecule has 0 saturated heterocycles. The summed E-state index contributed by atoms with van der Waals surface area (Å²) in [7, 11) is 0. The summed E-state index contributed by atoms with van der Waals surface area (Å²) in [6, 6.07) is 6.92. The minimum absolute atomic E-state index is 0.224. The molecule has 0 unspecified atom stereocenters. The smallest absolute Gasteiger partial charge is 0.188 e. The van der Waals surface area contributed by atoms with E-state index < -0.39 is 0 Å². The van der Waals surface area contributed by atoms with E-state index in [1.807, 2.05) is 19.1 Å². The Morgan fingerprint density at radius 1 is 1.33 bits per heavy atom. The van der Waals surface area contributed by atoms with Gasteiger partial charge in [-0.25, -0.2) is 14.4 Å². The fourth-order valence-corrected chi connectivity index (χ4v) is 2.34. The second-order valence-electron chi connectivity index (χ2n) is 3.90. The highest BCUT2D eigenvalue weighted by atomic mass is 32.2. The number of hydrogen-bond donors (Lipinski definition) is 1. The van der Waals surface area contributed by atoms with Gasteiger partial charge < -0.3 is 5.73 Å². The third-order valence-electron chi connectivity index (χ3n) is 2.48. The zero-order valence-corrected chi connectivity index (χ0v) is 10.9. The van der Waals surface area contributed by atoms with Gasteiger partial charge in [-0.2, -0.15) is 0 Å². The Hall–Kier alpha value is -1.46. The van der Waals surface area contributed by atoms with Gasteiger partial charge in [-0.3, -0.25) is 0 Å². The fraction of sp³-hybridized carbons (Fsp3) is 0.231. The third kappa shape index (κ3) is 3.27. The molecule has 0 amide bonds. The molecule has 2 rings (SSSR count). The molecule has 0 bridgehead atoms. The van der Waals surface area contributed by atoms with Crippen molar-refractivity contribution in [1.82, 2.24) is 9.97 Å². The first kappa shape index (κ1) is 13.0. The number of aryl methyl sites for hydroxylation is 1. The minimum Gasteiger partial charge on any atom is -0.326 e. The Labute approximate surface area is 110 Å². The Morgan fingerprint density at radius 3 is 2.83 bits per heavy atom. The largest absolute Gasteiger partial charge is 0.326 e. The van der Waals surface area contributed by atoms with E-state index in [1.165, 1.54) is 17.8 Å². The standard InChI is InChI=1S/C13H14FN3S/c1-9-4-5-16-13(17-9)18-8-11-3-2-10(7-15)6-12(11)14/h2-6H,7-8,15H2,1H3. The fourth-order valence-electron chi connectivity index (χ4n) is 1.47. The first-order valence-corrected chi connectivity index (χ1v) is 6.57. The van der Waals surface area contributed by atoms with E-state index in [0.717, 1.165) is 11.3 Å². The lowest BCUT2D eigenvalue weighted by Gasteiger charge is -2.04. The third-order valence-corrected chi connectivity index (χ3v) is 3.39. The molecule has 94 valence electrons. The van der Waals surface area contributed by atoms with Crippen LogP contribution in [0.3, 0.4) is 0 Å². The summed E-state index contributed by atoms with van der Waals surface area (Å²) in [5.74, 6) is 0.290. The van der Waals surface area contributed by atoms with Crippen LogP contribution in [0.4, 0.5) is 4.39 Å². The quantitative estimate of drug-likeness (QED) is 0.680. The van der Waals surface area contributed by atoms with Crippen molar-refractivity contribution >= 4 is 11.8 Å². The summed E-state index contributed by atoms with van der Waals surface area (Å²) >= 11 is 1.42. The lowest BCUT2D eigenvalue weighted by Crippen LogP contribution is -1.98. The molecule has 18 heavy (non-hydrogen) atoms. The molecule has 0 atom stereocenters. The summed E-state index contributed by atoms with van der Waals surface area (Å²) in [5, 5.41) is 0.664. The van der Waals surface area contributed by atoms with Gasteiger partial charge in [-0.05, 0) is 30.2 Å². The molecular formula is C13H14FN3S. The van der Waals surface area contributed by atoms with Crippen LogP contribution < -0.4 is 5.73 Å². The van der Waals surface area contributed by atoms with E-state index in [-0.39, 0.29) is 5.82 Å². The number of hydrogen-bond acceptors (Lipinski definition) is 4. The number of aromatic nitrogens is 2. The van der Waals surface area contributed by atoms with Gasteiger partial charge in [0.05, 0.1) is 0 Å². The highest BCUT2D eigenvalue weighted by Gasteiger charge is 2.05. The monoisotopic (exact) mass is 263 g/mol. The van der Waals surface area contributed by atoms with E-state index in [1.54, 1.807) is 12.3 Å². The van der Waals surface area contributed by atoms with E-state index in [2.05, 4.69) is 9.97 Å². The summed E-state index contributed by atoms with van der Waals surface area (Å²) in [6.07, 6.45) is 1.71. The molecule has 3 nitrogen and oxygen atoms in total. The van der Waals surface area contributed by atoms with Crippen molar-refractivity contribution in [2.75, 3.05) is 0 Å². The van der Waals surface area contributed by atoms with Crippen molar-refractivity contribution in [2.24, 2.45) is 5.73 Å². The number of thioether (sulfide) groups is 1. The molecule has 1 heterocycles. The molecule has 0 aliphatic heterocycles. The van der Waals surface area contributed by atoms with E-state index >= 15 is 0 Å². The van der Waals surface area contributed by atoms with Gasteiger partial charge in [-0.15, -0.1) is 0 Å². The highest BCUT2D eigenvalue weighted by molar-refractivity contribution is 7.98. The zero-order valence-electron chi connectivity index (χ0n) is 10.1. The molecule has 0 aliphatic carbocycles. The Bertz CT molecular complexity index is 546. The van der Waals surface area contributed by atoms with Gasteiger partial charge in [0.25, 0.3) is 0 Å². The number of rotatable bonds is 4. The average Bonchev–Trinajstić information content (AvgIpc) is 2.37. The average molecular weight is 263 g/mol. The molecule has 5 heteroatoms. The highest BCUT2D eigenvalue weighted by Crippen LogP contribution is 2.21. The molecule has 1 aromatic carbocycles. The van der Waals surface area contributed by atoms with Crippen molar-refractivity contribution in [3.05, 3.63) is 53.1 Å². The molecular weight excluding hydrogens is 249 g/mol. The predicted octanol–water partition coefficient (Wildman–Crippen LogP) is 2.68. The molecule has 0 fully saturated rings. The maximum Gasteiger partial charge on any atom is 0.188 e. The number of nitrogens with zero attached hydrogens (tertiary/aromatic N) is 2. The van der Waals surface area contributed by atoms with Crippen LogP contribution >= 0.6 is 11.8 Å². The first-order chi connectivity index (χ1) is 8.69. The normalized spacial score (nSPS) is 10.6. The number of benzene rings is 1. The van der Waals surface area contributed by atoms with Crippen LogP contribution in [0.2, 0.25) is 0 Å². The Morgan fingerprint density at radius 2 is 2.17 bits per heavy atom. The van der Waals surface area contributed by atoms with Gasteiger partial charge in [0.2, 0.25) is 0 Å². The Kier molecular flexibility index (Phi) is 4.28. The molecule has 2 aromatic rings.